The molecule has 0 aliphatic carbocycles. The van der Waals surface area contributed by atoms with Gasteiger partial charge in [0, 0.05) is 32.3 Å². The smallest absolute Gasteiger partial charge is 0.180 e. The molecule has 6 nitrogen and oxygen atoms in total. The highest BCUT2D eigenvalue weighted by Crippen LogP contribution is 2.42. The van der Waals surface area contributed by atoms with Crippen molar-refractivity contribution >= 4 is 37.6 Å². The normalized spacial score (nSPS) is 19.9. The molecule has 1 unspecified atom stereocenters. The third kappa shape index (κ3) is 2.60. The van der Waals surface area contributed by atoms with Gasteiger partial charge in [0.05, 0.1) is 10.6 Å². The number of carbonyl (C=O) groups is 1. The molecule has 0 radical (unpaired) electrons. The number of hydrogen-bond acceptors (Lipinski definition) is 7. The minimum Gasteiger partial charge on any atom is -0.396 e. The van der Waals surface area contributed by atoms with Gasteiger partial charge in [-0.25, -0.2) is 8.42 Å². The lowest BCUT2D eigenvalue weighted by atomic mass is 10.3. The zero-order valence-electron chi connectivity index (χ0n) is 10.8. The Morgan fingerprint density at radius 2 is 2.11 bits per heavy atom. The zero-order chi connectivity index (χ0) is 14.4. The molecule has 8 heteroatoms. The summed E-state index contributed by atoms with van der Waals surface area (Å²) in [5.41, 5.74) is 11.8. The fraction of sp³-hybridized carbons (Fsp3) is 0.545. The number of sulfone groups is 1. The van der Waals surface area contributed by atoms with Gasteiger partial charge in [0.2, 0.25) is 0 Å². The van der Waals surface area contributed by atoms with Crippen LogP contribution in [0.25, 0.3) is 0 Å². The lowest BCUT2D eigenvalue weighted by Crippen LogP contribution is -2.26. The van der Waals surface area contributed by atoms with Gasteiger partial charge in [-0.1, -0.05) is 0 Å². The van der Waals surface area contributed by atoms with E-state index < -0.39 is 9.84 Å². The molecule has 1 saturated heterocycles. The molecule has 106 valence electrons. The average molecular weight is 303 g/mol. The summed E-state index contributed by atoms with van der Waals surface area (Å²) in [7, 11) is -3.48. The fourth-order valence-corrected chi connectivity index (χ4v) is 4.85. The van der Waals surface area contributed by atoms with Crippen LogP contribution in [0.2, 0.25) is 0 Å². The van der Waals surface area contributed by atoms with Crippen molar-refractivity contribution in [1.82, 2.24) is 0 Å². The van der Waals surface area contributed by atoms with Crippen LogP contribution in [0.5, 0.6) is 0 Å². The van der Waals surface area contributed by atoms with E-state index in [0.717, 1.165) is 24.0 Å². The van der Waals surface area contributed by atoms with Gasteiger partial charge in [-0.2, -0.15) is 0 Å². The summed E-state index contributed by atoms with van der Waals surface area (Å²) in [6, 6.07) is 0.0245. The molecule has 1 aromatic heterocycles. The summed E-state index contributed by atoms with van der Waals surface area (Å²) in [6.07, 6.45) is 1.91. The highest BCUT2D eigenvalue weighted by Gasteiger charge is 2.31. The lowest BCUT2D eigenvalue weighted by Gasteiger charge is -2.17. The Bertz CT molecular complexity index is 621. The van der Waals surface area contributed by atoms with E-state index in [-0.39, 0.29) is 22.4 Å². The van der Waals surface area contributed by atoms with E-state index in [1.807, 2.05) is 4.90 Å². The van der Waals surface area contributed by atoms with Crippen molar-refractivity contribution in [3.8, 4) is 0 Å². The third-order valence-electron chi connectivity index (χ3n) is 3.08. The van der Waals surface area contributed by atoms with E-state index in [9.17, 15) is 13.2 Å². The van der Waals surface area contributed by atoms with Crippen LogP contribution in [0.15, 0.2) is 4.90 Å². The molecule has 0 saturated carbocycles. The largest absolute Gasteiger partial charge is 0.396 e. The third-order valence-corrected chi connectivity index (χ3v) is 5.74. The van der Waals surface area contributed by atoms with Crippen molar-refractivity contribution in [3.05, 3.63) is 4.88 Å². The van der Waals surface area contributed by atoms with Gasteiger partial charge in [-0.15, -0.1) is 11.3 Å². The Kier molecular flexibility index (Phi) is 3.59. The monoisotopic (exact) mass is 303 g/mol. The number of nitrogens with zero attached hydrogens (tertiary/aromatic N) is 1. The number of Topliss-reactive ketones (excluding diaryl/α,β-unsaturated/α-hetero) is 1. The molecule has 4 N–H and O–H groups in total. The molecule has 0 spiro atoms. The Labute approximate surface area is 116 Å². The summed E-state index contributed by atoms with van der Waals surface area (Å²) < 4.78 is 23.8. The van der Waals surface area contributed by atoms with Gasteiger partial charge in [-0.05, 0) is 6.42 Å². The number of hydrogen-bond donors (Lipinski definition) is 2. The number of ketones is 1. The van der Waals surface area contributed by atoms with Crippen molar-refractivity contribution in [3.63, 3.8) is 0 Å². The Morgan fingerprint density at radius 1 is 1.47 bits per heavy atom. The molecule has 2 heterocycles. The summed E-state index contributed by atoms with van der Waals surface area (Å²) in [4.78, 5) is 13.8. The predicted molar refractivity (Wildman–Crippen MR) is 76.7 cm³/mol. The Balaban J connectivity index is 2.59. The lowest BCUT2D eigenvalue weighted by molar-refractivity contribution is 0.102. The summed E-state index contributed by atoms with van der Waals surface area (Å²) in [6.45, 7) is 2.65. The van der Waals surface area contributed by atoms with E-state index in [1.54, 1.807) is 0 Å². The minimum absolute atomic E-state index is 0.0245. The van der Waals surface area contributed by atoms with Gasteiger partial charge in [0.25, 0.3) is 0 Å². The van der Waals surface area contributed by atoms with E-state index >= 15 is 0 Å². The van der Waals surface area contributed by atoms with Crippen LogP contribution in [0.4, 0.5) is 10.7 Å². The topological polar surface area (TPSA) is 106 Å². The number of rotatable bonds is 3. The summed E-state index contributed by atoms with van der Waals surface area (Å²) in [5, 5.41) is 0.540. The van der Waals surface area contributed by atoms with Crippen molar-refractivity contribution in [2.75, 3.05) is 30.0 Å². The van der Waals surface area contributed by atoms with Crippen LogP contribution in [0, 0.1) is 0 Å². The van der Waals surface area contributed by atoms with Gasteiger partial charge in [0.15, 0.2) is 15.6 Å². The van der Waals surface area contributed by atoms with E-state index in [2.05, 4.69) is 0 Å². The van der Waals surface area contributed by atoms with Crippen molar-refractivity contribution in [2.24, 2.45) is 5.73 Å². The molecule has 1 aliphatic heterocycles. The Hall–Kier alpha value is -1.12. The summed E-state index contributed by atoms with van der Waals surface area (Å²) in [5.74, 6) is -0.220. The molecule has 0 bridgehead atoms. The first kappa shape index (κ1) is 14.3. The average Bonchev–Trinajstić information content (AvgIpc) is 2.80. The number of anilines is 2. The first-order valence-corrected chi connectivity index (χ1v) is 8.56. The fourth-order valence-electron chi connectivity index (χ4n) is 2.22. The van der Waals surface area contributed by atoms with E-state index in [0.29, 0.717) is 23.0 Å². The molecular weight excluding hydrogens is 286 g/mol. The van der Waals surface area contributed by atoms with E-state index in [1.165, 1.54) is 6.92 Å². The number of nitrogens with two attached hydrogens (primary N) is 2. The van der Waals surface area contributed by atoms with Crippen LogP contribution >= 0.6 is 11.3 Å². The van der Waals surface area contributed by atoms with Crippen LogP contribution < -0.4 is 16.4 Å². The van der Waals surface area contributed by atoms with Gasteiger partial charge in [0.1, 0.15) is 9.90 Å². The second kappa shape index (κ2) is 4.77. The molecular formula is C11H17N3O3S2. The van der Waals surface area contributed by atoms with Crippen molar-refractivity contribution < 1.29 is 13.2 Å². The minimum atomic E-state index is -3.48. The maximum Gasteiger partial charge on any atom is 0.180 e. The van der Waals surface area contributed by atoms with Crippen LogP contribution in [-0.2, 0) is 9.84 Å². The van der Waals surface area contributed by atoms with Crippen molar-refractivity contribution in [1.29, 1.82) is 0 Å². The highest BCUT2D eigenvalue weighted by atomic mass is 32.2. The highest BCUT2D eigenvalue weighted by molar-refractivity contribution is 7.91. The summed E-state index contributed by atoms with van der Waals surface area (Å²) >= 11 is 1.14. The molecule has 0 aromatic carbocycles. The molecule has 1 atom stereocenters. The maximum atomic E-state index is 11.9. The van der Waals surface area contributed by atoms with Gasteiger partial charge < -0.3 is 16.4 Å². The van der Waals surface area contributed by atoms with Gasteiger partial charge >= 0.3 is 0 Å². The zero-order valence-corrected chi connectivity index (χ0v) is 12.5. The number of carbonyl (C=O) groups excluding carboxylic acids is 1. The second-order valence-corrected chi connectivity index (χ2v) is 7.75. The Morgan fingerprint density at radius 3 is 2.53 bits per heavy atom. The quantitative estimate of drug-likeness (QED) is 0.786. The second-order valence-electron chi connectivity index (χ2n) is 4.80. The van der Waals surface area contributed by atoms with E-state index in [4.69, 9.17) is 11.5 Å². The maximum absolute atomic E-state index is 11.9. The number of thiophene rings is 1. The molecule has 1 fully saturated rings. The molecule has 19 heavy (non-hydrogen) atoms. The van der Waals surface area contributed by atoms with Crippen LogP contribution in [0.1, 0.15) is 23.0 Å². The van der Waals surface area contributed by atoms with Crippen LogP contribution in [0.3, 0.4) is 0 Å². The molecule has 0 amide bonds. The van der Waals surface area contributed by atoms with Gasteiger partial charge in [-0.3, -0.25) is 4.79 Å². The predicted octanol–water partition coefficient (Wildman–Crippen LogP) is 0.474. The van der Waals surface area contributed by atoms with Crippen LogP contribution in [-0.4, -0.2) is 39.6 Å². The standard InChI is InChI=1S/C11H17N3O3S2/c1-6(15)9-8(13)10(19(2,16)17)11(18-9)14-4-3-7(12)5-14/h7H,3-5,12-13H2,1-2H3. The number of nitrogen functional groups attached to an aromatic ring is 1. The molecule has 2 rings (SSSR count). The SMILES string of the molecule is CC(=O)c1sc(N2CCC(N)C2)c(S(C)(=O)=O)c1N. The molecule has 1 aromatic rings. The first-order chi connectivity index (χ1) is 8.71. The molecule has 1 aliphatic rings. The van der Waals surface area contributed by atoms with Crippen molar-refractivity contribution in [2.45, 2.75) is 24.3 Å². The first-order valence-electron chi connectivity index (χ1n) is 5.85.